The SMILES string of the molecule is O=[C]C(=Cc1ccccc1)c1ccccc1F. The fourth-order valence-corrected chi connectivity index (χ4v) is 1.56. The molecule has 2 heteroatoms. The van der Waals surface area contributed by atoms with Gasteiger partial charge in [0.1, 0.15) is 5.82 Å². The average Bonchev–Trinajstić information content (AvgIpc) is 2.38. The molecule has 1 nitrogen and oxygen atoms in total. The lowest BCUT2D eigenvalue weighted by Gasteiger charge is -2.01. The average molecular weight is 225 g/mol. The van der Waals surface area contributed by atoms with E-state index in [0.717, 1.165) is 5.56 Å². The van der Waals surface area contributed by atoms with Gasteiger partial charge in [0.2, 0.25) is 6.29 Å². The second-order valence-electron chi connectivity index (χ2n) is 3.55. The Bertz CT molecular complexity index is 544. The quantitative estimate of drug-likeness (QED) is 0.577. The summed E-state index contributed by atoms with van der Waals surface area (Å²) in [5.74, 6) is -0.418. The second-order valence-corrected chi connectivity index (χ2v) is 3.55. The van der Waals surface area contributed by atoms with Crippen molar-refractivity contribution in [3.8, 4) is 0 Å². The van der Waals surface area contributed by atoms with Crippen molar-refractivity contribution in [2.45, 2.75) is 0 Å². The molecular formula is C15H10FO. The first-order valence-electron chi connectivity index (χ1n) is 5.21. The van der Waals surface area contributed by atoms with Crippen LogP contribution in [0.1, 0.15) is 11.1 Å². The molecule has 0 atom stereocenters. The van der Waals surface area contributed by atoms with Gasteiger partial charge in [0.15, 0.2) is 0 Å². The van der Waals surface area contributed by atoms with Gasteiger partial charge in [-0.25, -0.2) is 4.39 Å². The largest absolute Gasteiger partial charge is 0.285 e. The van der Waals surface area contributed by atoms with Gasteiger partial charge in [-0.05, 0) is 17.7 Å². The van der Waals surface area contributed by atoms with Crippen LogP contribution in [0.3, 0.4) is 0 Å². The predicted octanol–water partition coefficient (Wildman–Crippen LogP) is 3.48. The fourth-order valence-electron chi connectivity index (χ4n) is 1.56. The maximum absolute atomic E-state index is 13.5. The minimum Gasteiger partial charge on any atom is -0.285 e. The van der Waals surface area contributed by atoms with Crippen molar-refractivity contribution in [3.63, 3.8) is 0 Å². The summed E-state index contributed by atoms with van der Waals surface area (Å²) in [5, 5.41) is 0. The van der Waals surface area contributed by atoms with Gasteiger partial charge in [-0.15, -0.1) is 0 Å². The van der Waals surface area contributed by atoms with E-state index in [4.69, 9.17) is 0 Å². The molecule has 0 spiro atoms. The zero-order valence-corrected chi connectivity index (χ0v) is 9.06. The van der Waals surface area contributed by atoms with E-state index in [1.54, 1.807) is 30.6 Å². The molecule has 0 aromatic heterocycles. The van der Waals surface area contributed by atoms with Crippen LogP contribution in [-0.4, -0.2) is 6.29 Å². The van der Waals surface area contributed by atoms with Crippen LogP contribution in [0, 0.1) is 5.82 Å². The Kier molecular flexibility index (Phi) is 3.46. The van der Waals surface area contributed by atoms with E-state index in [0.29, 0.717) is 0 Å². The number of hydrogen-bond donors (Lipinski definition) is 0. The molecule has 0 aliphatic heterocycles. The van der Waals surface area contributed by atoms with Gasteiger partial charge in [-0.2, -0.15) is 0 Å². The van der Waals surface area contributed by atoms with Crippen molar-refractivity contribution in [1.82, 2.24) is 0 Å². The van der Waals surface area contributed by atoms with Crippen LogP contribution in [0.5, 0.6) is 0 Å². The lowest BCUT2D eigenvalue weighted by Crippen LogP contribution is -1.90. The van der Waals surface area contributed by atoms with Crippen LogP contribution in [0.4, 0.5) is 4.39 Å². The Labute approximate surface area is 99.2 Å². The van der Waals surface area contributed by atoms with Gasteiger partial charge >= 0.3 is 0 Å². The topological polar surface area (TPSA) is 17.1 Å². The summed E-state index contributed by atoms with van der Waals surface area (Å²) in [5.41, 5.74) is 1.33. The summed E-state index contributed by atoms with van der Waals surface area (Å²) in [4.78, 5) is 10.9. The van der Waals surface area contributed by atoms with Crippen LogP contribution in [0.15, 0.2) is 54.6 Å². The molecule has 83 valence electrons. The molecule has 0 fully saturated rings. The Morgan fingerprint density at radius 2 is 1.65 bits per heavy atom. The summed E-state index contributed by atoms with van der Waals surface area (Å²) in [7, 11) is 0. The van der Waals surface area contributed by atoms with Gasteiger partial charge in [0.05, 0.1) is 0 Å². The normalized spacial score (nSPS) is 11.2. The first-order chi connectivity index (χ1) is 8.31. The molecule has 0 aliphatic rings. The first kappa shape index (κ1) is 11.3. The molecule has 1 radical (unpaired) electrons. The Balaban J connectivity index is 2.45. The summed E-state index contributed by atoms with van der Waals surface area (Å²) >= 11 is 0. The molecule has 0 unspecified atom stereocenters. The van der Waals surface area contributed by atoms with Gasteiger partial charge in [-0.1, -0.05) is 48.5 Å². The molecule has 0 heterocycles. The maximum atomic E-state index is 13.5. The zero-order valence-electron chi connectivity index (χ0n) is 9.06. The summed E-state index contributed by atoms with van der Waals surface area (Å²) in [6.45, 7) is 0. The molecule has 17 heavy (non-hydrogen) atoms. The number of halogens is 1. The zero-order chi connectivity index (χ0) is 12.1. The predicted molar refractivity (Wildman–Crippen MR) is 66.4 cm³/mol. The van der Waals surface area contributed by atoms with E-state index in [2.05, 4.69) is 0 Å². The van der Waals surface area contributed by atoms with Crippen LogP contribution in [-0.2, 0) is 4.79 Å². The van der Waals surface area contributed by atoms with E-state index in [1.165, 1.54) is 6.07 Å². The van der Waals surface area contributed by atoms with Gasteiger partial charge in [0, 0.05) is 11.1 Å². The van der Waals surface area contributed by atoms with E-state index in [9.17, 15) is 9.18 Å². The number of rotatable bonds is 3. The van der Waals surface area contributed by atoms with E-state index in [-0.39, 0.29) is 11.1 Å². The lowest BCUT2D eigenvalue weighted by molar-refractivity contribution is 0.565. The summed E-state index contributed by atoms with van der Waals surface area (Å²) in [6, 6.07) is 15.4. The van der Waals surface area contributed by atoms with Crippen LogP contribution in [0.25, 0.3) is 11.6 Å². The lowest BCUT2D eigenvalue weighted by atomic mass is 10.0. The number of benzene rings is 2. The highest BCUT2D eigenvalue weighted by Gasteiger charge is 2.06. The molecule has 0 N–H and O–H groups in total. The van der Waals surface area contributed by atoms with Crippen molar-refractivity contribution in [2.24, 2.45) is 0 Å². The van der Waals surface area contributed by atoms with Crippen molar-refractivity contribution >= 4 is 17.9 Å². The third-order valence-electron chi connectivity index (χ3n) is 2.38. The van der Waals surface area contributed by atoms with E-state index < -0.39 is 5.82 Å². The van der Waals surface area contributed by atoms with Crippen LogP contribution < -0.4 is 0 Å². The third kappa shape index (κ3) is 2.67. The van der Waals surface area contributed by atoms with E-state index in [1.807, 2.05) is 30.3 Å². The first-order valence-corrected chi connectivity index (χ1v) is 5.21. The minimum atomic E-state index is -0.418. The van der Waals surface area contributed by atoms with Crippen molar-refractivity contribution in [3.05, 3.63) is 71.5 Å². The van der Waals surface area contributed by atoms with Crippen LogP contribution >= 0.6 is 0 Å². The molecule has 0 bridgehead atoms. The molecule has 0 aliphatic carbocycles. The number of allylic oxidation sites excluding steroid dienone is 1. The smallest absolute Gasteiger partial charge is 0.234 e. The molecule has 2 rings (SSSR count). The second kappa shape index (κ2) is 5.21. The number of hydrogen-bond acceptors (Lipinski definition) is 1. The monoisotopic (exact) mass is 225 g/mol. The Morgan fingerprint density at radius 1 is 1.00 bits per heavy atom. The molecule has 2 aromatic rings. The Morgan fingerprint density at radius 3 is 2.29 bits per heavy atom. The summed E-state index contributed by atoms with van der Waals surface area (Å²) in [6.07, 6.45) is 3.40. The highest BCUT2D eigenvalue weighted by Crippen LogP contribution is 2.19. The van der Waals surface area contributed by atoms with E-state index >= 15 is 0 Å². The fraction of sp³-hybridized carbons (Fsp3) is 0. The van der Waals surface area contributed by atoms with Gasteiger partial charge in [0.25, 0.3) is 0 Å². The molecule has 0 amide bonds. The molecule has 0 saturated carbocycles. The maximum Gasteiger partial charge on any atom is 0.234 e. The molecule has 2 aromatic carbocycles. The van der Waals surface area contributed by atoms with Crippen molar-refractivity contribution < 1.29 is 9.18 Å². The molecule has 0 saturated heterocycles. The van der Waals surface area contributed by atoms with Crippen molar-refractivity contribution in [2.75, 3.05) is 0 Å². The Hall–Kier alpha value is -2.22. The van der Waals surface area contributed by atoms with Crippen LogP contribution in [0.2, 0.25) is 0 Å². The highest BCUT2D eigenvalue weighted by atomic mass is 19.1. The highest BCUT2D eigenvalue weighted by molar-refractivity contribution is 6.13. The number of carbonyl (C=O) groups excluding carboxylic acids is 1. The molecular weight excluding hydrogens is 215 g/mol. The minimum absolute atomic E-state index is 0.217. The van der Waals surface area contributed by atoms with Crippen molar-refractivity contribution in [1.29, 1.82) is 0 Å². The van der Waals surface area contributed by atoms with Gasteiger partial charge < -0.3 is 0 Å². The van der Waals surface area contributed by atoms with Gasteiger partial charge in [-0.3, -0.25) is 4.79 Å². The third-order valence-corrected chi connectivity index (χ3v) is 2.38. The standard InChI is InChI=1S/C15H10FO/c16-15-9-5-4-8-14(15)13(11-17)10-12-6-2-1-3-7-12/h1-10H. The summed E-state index contributed by atoms with van der Waals surface area (Å²) < 4.78 is 13.5.